The molecular weight excluding hydrogens is 621 g/mol. The van der Waals surface area contributed by atoms with E-state index in [-0.39, 0.29) is 29.9 Å². The van der Waals surface area contributed by atoms with Crippen molar-refractivity contribution in [1.82, 2.24) is 4.90 Å². The van der Waals surface area contributed by atoms with Gasteiger partial charge in [-0.2, -0.15) is 13.0 Å². The lowest BCUT2D eigenvalue weighted by atomic mass is 10.0. The monoisotopic (exact) mass is 654 g/mol. The van der Waals surface area contributed by atoms with Crippen molar-refractivity contribution in [3.8, 4) is 5.75 Å². The number of carbonyl (C=O) groups is 1. The number of nitrogens with zero attached hydrogens (tertiary/aromatic N) is 2. The minimum Gasteiger partial charge on any atom is -0.748 e. The Kier molecular flexibility index (Phi) is 10.4. The standard InChI is InChI=1S/C28H34N2O8S4/c1-4-21(16-27-29(11-5-13-41(32,33)34)23-15-19(2)7-9-25(23)39-27)17-28-30(12-6-14-42(35,36)37)24-18-22(38-20(3)31)8-10-26(24)40-28/h7-10,15-18,23,25H,4-6,11-14H2,1-3H3,(H-,32,33,34,35,36,37). The van der Waals surface area contributed by atoms with Crippen LogP contribution in [0.25, 0.3) is 16.3 Å². The molecule has 0 radical (unpaired) electrons. The van der Waals surface area contributed by atoms with Crippen LogP contribution in [-0.4, -0.2) is 66.2 Å². The number of fused-ring (bicyclic) bond motifs is 2. The maximum Gasteiger partial charge on any atom is 0.308 e. The van der Waals surface area contributed by atoms with E-state index in [0.29, 0.717) is 25.3 Å². The van der Waals surface area contributed by atoms with E-state index in [9.17, 15) is 30.7 Å². The van der Waals surface area contributed by atoms with Crippen molar-refractivity contribution in [1.29, 1.82) is 0 Å². The largest absolute Gasteiger partial charge is 0.748 e. The van der Waals surface area contributed by atoms with Crippen LogP contribution < -0.4 is 9.30 Å². The van der Waals surface area contributed by atoms with Gasteiger partial charge in [-0.05, 0) is 43.5 Å². The van der Waals surface area contributed by atoms with Gasteiger partial charge in [-0.25, -0.2) is 8.42 Å². The predicted octanol–water partition coefficient (Wildman–Crippen LogP) is 4.26. The second-order valence-electron chi connectivity index (χ2n) is 10.2. The molecule has 42 heavy (non-hydrogen) atoms. The lowest BCUT2D eigenvalue weighted by Gasteiger charge is -2.28. The van der Waals surface area contributed by atoms with Crippen LogP contribution in [0.4, 0.5) is 0 Å². The van der Waals surface area contributed by atoms with Gasteiger partial charge in [0.15, 0.2) is 6.54 Å². The number of allylic oxidation sites excluding steroid dienone is 4. The molecule has 1 N–H and O–H groups in total. The fraction of sp³-hybridized carbons (Fsp3) is 0.429. The molecule has 0 saturated carbocycles. The van der Waals surface area contributed by atoms with E-state index in [1.807, 2.05) is 30.6 Å². The second-order valence-corrected chi connectivity index (χ2v) is 15.5. The van der Waals surface area contributed by atoms with Gasteiger partial charge in [0, 0.05) is 31.7 Å². The van der Waals surface area contributed by atoms with Crippen LogP contribution in [0.5, 0.6) is 5.75 Å². The molecule has 14 heteroatoms. The molecule has 1 fully saturated rings. The fourth-order valence-electron chi connectivity index (χ4n) is 4.91. The summed E-state index contributed by atoms with van der Waals surface area (Å²) in [7, 11) is -8.44. The molecule has 1 aliphatic heterocycles. The Hall–Kier alpha value is -2.49. The highest BCUT2D eigenvalue weighted by molar-refractivity contribution is 8.04. The third-order valence-corrected chi connectivity index (χ3v) is 10.8. The Balaban J connectivity index is 1.72. The van der Waals surface area contributed by atoms with Gasteiger partial charge in [0.1, 0.15) is 10.4 Å². The minimum absolute atomic E-state index is 0.0492. The van der Waals surface area contributed by atoms with Gasteiger partial charge in [0.2, 0.25) is 5.52 Å². The fourth-order valence-corrected chi connectivity index (χ4v) is 8.41. The first-order valence-corrected chi connectivity index (χ1v) is 18.4. The second kappa shape index (κ2) is 13.4. The third kappa shape index (κ3) is 8.77. The predicted molar refractivity (Wildman–Crippen MR) is 165 cm³/mol. The van der Waals surface area contributed by atoms with Gasteiger partial charge in [0.25, 0.3) is 15.1 Å². The van der Waals surface area contributed by atoms with Crippen molar-refractivity contribution in [2.75, 3.05) is 18.1 Å². The molecule has 10 nitrogen and oxygen atoms in total. The summed E-state index contributed by atoms with van der Waals surface area (Å²) in [6, 6.07) is 5.35. The van der Waals surface area contributed by atoms with Crippen molar-refractivity contribution >= 4 is 65.6 Å². The molecule has 2 unspecified atom stereocenters. The lowest BCUT2D eigenvalue weighted by molar-refractivity contribution is -0.668. The number of hydrogen-bond donors (Lipinski definition) is 1. The highest BCUT2D eigenvalue weighted by Gasteiger charge is 2.36. The number of esters is 1. The topological polar surface area (TPSA) is 145 Å². The number of thioether (sulfide) groups is 1. The van der Waals surface area contributed by atoms with E-state index >= 15 is 0 Å². The number of benzene rings is 1. The SMILES string of the molecule is CCC(=Cc1sc2ccc(OC(C)=O)cc2[n+]1CCCS(=O)(=O)O)C=C1SC2C=CC(C)=CC2N1CCCS(=O)(=O)[O-]. The zero-order chi connectivity index (χ0) is 30.7. The summed E-state index contributed by atoms with van der Waals surface area (Å²) in [5, 5.41) is 2.00. The van der Waals surface area contributed by atoms with E-state index < -0.39 is 32.0 Å². The van der Waals surface area contributed by atoms with Gasteiger partial charge in [-0.3, -0.25) is 9.35 Å². The van der Waals surface area contributed by atoms with E-state index in [4.69, 9.17) is 4.74 Å². The molecule has 2 aromatic rings. The summed E-state index contributed by atoms with van der Waals surface area (Å²) in [5.41, 5.74) is 2.89. The van der Waals surface area contributed by atoms with E-state index in [0.717, 1.165) is 31.4 Å². The zero-order valence-corrected chi connectivity index (χ0v) is 26.8. The molecule has 2 aliphatic rings. The average Bonchev–Trinajstić information content (AvgIpc) is 3.38. The van der Waals surface area contributed by atoms with Crippen molar-refractivity contribution < 1.29 is 40.0 Å². The molecule has 1 saturated heterocycles. The Morgan fingerprint density at radius 3 is 2.64 bits per heavy atom. The maximum absolute atomic E-state index is 11.5. The number of thiazole rings is 1. The van der Waals surface area contributed by atoms with Gasteiger partial charge < -0.3 is 14.2 Å². The number of rotatable bonds is 12. The molecule has 1 aromatic heterocycles. The van der Waals surface area contributed by atoms with Crippen LogP contribution in [0, 0.1) is 0 Å². The van der Waals surface area contributed by atoms with Crippen LogP contribution >= 0.6 is 23.1 Å². The molecule has 2 heterocycles. The first kappa shape index (κ1) is 32.4. The number of carbonyl (C=O) groups excluding carboxylic acids is 1. The third-order valence-electron chi connectivity index (χ3n) is 6.79. The highest BCUT2D eigenvalue weighted by Crippen LogP contribution is 2.43. The minimum atomic E-state index is -4.31. The Morgan fingerprint density at radius 1 is 1.21 bits per heavy atom. The summed E-state index contributed by atoms with van der Waals surface area (Å²) in [6.07, 6.45) is 11.6. The van der Waals surface area contributed by atoms with Crippen LogP contribution in [0.3, 0.4) is 0 Å². The smallest absolute Gasteiger partial charge is 0.308 e. The molecule has 1 aromatic carbocycles. The van der Waals surface area contributed by atoms with Crippen molar-refractivity contribution in [3.63, 3.8) is 0 Å². The van der Waals surface area contributed by atoms with E-state index in [1.165, 1.54) is 18.3 Å². The van der Waals surface area contributed by atoms with Gasteiger partial charge >= 0.3 is 5.97 Å². The number of aromatic nitrogens is 1. The summed E-state index contributed by atoms with van der Waals surface area (Å²) < 4.78 is 74.0. The Morgan fingerprint density at radius 2 is 1.98 bits per heavy atom. The van der Waals surface area contributed by atoms with E-state index in [1.54, 1.807) is 23.9 Å². The van der Waals surface area contributed by atoms with Crippen LogP contribution in [0.15, 0.2) is 58.7 Å². The molecule has 4 rings (SSSR count). The molecular formula is C28H34N2O8S4. The van der Waals surface area contributed by atoms with Crippen LogP contribution in [-0.2, 0) is 31.6 Å². The first-order chi connectivity index (χ1) is 19.7. The van der Waals surface area contributed by atoms with Crippen molar-refractivity contribution in [3.05, 3.63) is 63.7 Å². The summed E-state index contributed by atoms with van der Waals surface area (Å²) in [6.45, 7) is 6.11. The van der Waals surface area contributed by atoms with Crippen molar-refractivity contribution in [2.45, 2.75) is 57.9 Å². The number of aryl methyl sites for hydroxylation is 1. The average molecular weight is 655 g/mol. The van der Waals surface area contributed by atoms with E-state index in [2.05, 4.69) is 29.2 Å². The quantitative estimate of drug-likeness (QED) is 0.153. The van der Waals surface area contributed by atoms with Gasteiger partial charge in [0.05, 0.1) is 38.3 Å². The molecule has 2 atom stereocenters. The van der Waals surface area contributed by atoms with Crippen LogP contribution in [0.2, 0.25) is 0 Å². The first-order valence-electron chi connectivity index (χ1n) is 13.5. The zero-order valence-electron chi connectivity index (χ0n) is 23.6. The molecule has 0 amide bonds. The highest BCUT2D eigenvalue weighted by atomic mass is 32.2. The summed E-state index contributed by atoms with van der Waals surface area (Å²) in [5.74, 6) is -0.881. The van der Waals surface area contributed by atoms with Crippen molar-refractivity contribution in [2.24, 2.45) is 0 Å². The molecule has 0 bridgehead atoms. The maximum atomic E-state index is 11.5. The van der Waals surface area contributed by atoms with Crippen LogP contribution in [0.1, 0.15) is 45.0 Å². The molecule has 1 aliphatic carbocycles. The number of hydrogen-bond acceptors (Lipinski definition) is 10. The molecule has 228 valence electrons. The Bertz CT molecular complexity index is 1690. The van der Waals surface area contributed by atoms with Gasteiger partial charge in [-0.1, -0.05) is 53.8 Å². The number of ether oxygens (including phenoxy) is 1. The summed E-state index contributed by atoms with van der Waals surface area (Å²) >= 11 is 3.20. The Labute approximate surface area is 254 Å². The summed E-state index contributed by atoms with van der Waals surface area (Å²) in [4.78, 5) is 13.7. The molecule has 0 spiro atoms. The normalized spacial score (nSPS) is 20.3. The lowest BCUT2D eigenvalue weighted by Crippen LogP contribution is -2.36. The van der Waals surface area contributed by atoms with Gasteiger partial charge in [-0.15, -0.1) is 0 Å².